The van der Waals surface area contributed by atoms with E-state index in [2.05, 4.69) is 5.32 Å². The second-order valence-electron chi connectivity index (χ2n) is 9.57. The van der Waals surface area contributed by atoms with Crippen molar-refractivity contribution in [3.05, 3.63) is 64.7 Å². The third kappa shape index (κ3) is 8.25. The third-order valence-electron chi connectivity index (χ3n) is 5.49. The van der Waals surface area contributed by atoms with Gasteiger partial charge < -0.3 is 10.2 Å². The lowest BCUT2D eigenvalue weighted by molar-refractivity contribution is -0.141. The van der Waals surface area contributed by atoms with Crippen molar-refractivity contribution in [2.45, 2.75) is 65.6 Å². The number of carbonyl (C=O) groups excluding carboxylic acids is 2. The fourth-order valence-corrected chi connectivity index (χ4v) is 4.74. The number of carbonyl (C=O) groups is 2. The van der Waals surface area contributed by atoms with Crippen LogP contribution in [0.4, 0.5) is 5.69 Å². The van der Waals surface area contributed by atoms with E-state index in [-0.39, 0.29) is 12.5 Å². The normalized spacial score (nSPS) is 12.7. The van der Waals surface area contributed by atoms with Gasteiger partial charge in [0, 0.05) is 17.1 Å². The molecule has 0 saturated carbocycles. The number of hydrogen-bond donors (Lipinski definition) is 1. The predicted octanol–water partition coefficient (Wildman–Crippen LogP) is 4.39. The quantitative estimate of drug-likeness (QED) is 0.502. The summed E-state index contributed by atoms with van der Waals surface area (Å²) < 4.78 is 26.4. The first-order valence-corrected chi connectivity index (χ1v) is 13.9. The van der Waals surface area contributed by atoms with Gasteiger partial charge in [0.05, 0.1) is 11.9 Å². The van der Waals surface area contributed by atoms with Crippen molar-refractivity contribution in [2.75, 3.05) is 17.1 Å². The first-order valence-electron chi connectivity index (χ1n) is 11.7. The number of anilines is 1. The predicted molar refractivity (Wildman–Crippen MR) is 142 cm³/mol. The van der Waals surface area contributed by atoms with Gasteiger partial charge in [0.15, 0.2) is 0 Å². The summed E-state index contributed by atoms with van der Waals surface area (Å²) in [5.41, 5.74) is 1.62. The zero-order valence-corrected chi connectivity index (χ0v) is 22.9. The molecule has 0 fully saturated rings. The molecule has 35 heavy (non-hydrogen) atoms. The molecule has 2 rings (SSSR count). The van der Waals surface area contributed by atoms with Gasteiger partial charge in [-0.05, 0) is 62.9 Å². The molecule has 1 N–H and O–H groups in total. The second kappa shape index (κ2) is 11.9. The lowest BCUT2D eigenvalue weighted by Gasteiger charge is -2.34. The molecule has 0 radical (unpaired) electrons. The summed E-state index contributed by atoms with van der Waals surface area (Å²) in [5.74, 6) is -0.801. The summed E-state index contributed by atoms with van der Waals surface area (Å²) in [6.07, 6.45) is 2.23. The standard InChI is InChI=1S/C26H36ClN3O4S/c1-7-19-13-15-21(16-14-19)30(35(6,33)34)18-24(31)29(17-20-11-9-10-12-22(20)27)23(8-2)25(32)28-26(3,4)5/h9-16,23H,7-8,17-18H2,1-6H3,(H,28,32)/t23-/m0/s1. The van der Waals surface area contributed by atoms with Gasteiger partial charge in [0.2, 0.25) is 21.8 Å². The fraction of sp³-hybridized carbons (Fsp3) is 0.462. The Bertz CT molecular complexity index is 1130. The molecule has 0 saturated heterocycles. The van der Waals surface area contributed by atoms with Crippen LogP contribution >= 0.6 is 11.6 Å². The van der Waals surface area contributed by atoms with E-state index < -0.39 is 34.1 Å². The van der Waals surface area contributed by atoms with Gasteiger partial charge in [-0.15, -0.1) is 0 Å². The van der Waals surface area contributed by atoms with Crippen molar-refractivity contribution in [1.29, 1.82) is 0 Å². The summed E-state index contributed by atoms with van der Waals surface area (Å²) in [6.45, 7) is 9.05. The number of nitrogens with one attached hydrogen (secondary N) is 1. The Labute approximate surface area is 214 Å². The molecule has 0 aliphatic heterocycles. The molecule has 2 aromatic carbocycles. The number of hydrogen-bond acceptors (Lipinski definition) is 4. The Balaban J connectivity index is 2.46. The van der Waals surface area contributed by atoms with Gasteiger partial charge in [0.1, 0.15) is 12.6 Å². The summed E-state index contributed by atoms with van der Waals surface area (Å²) in [7, 11) is -3.77. The van der Waals surface area contributed by atoms with E-state index in [1.807, 2.05) is 46.8 Å². The Morgan fingerprint density at radius 3 is 2.11 bits per heavy atom. The van der Waals surface area contributed by atoms with E-state index in [1.54, 1.807) is 36.4 Å². The molecule has 0 heterocycles. The number of amides is 2. The van der Waals surface area contributed by atoms with Gasteiger partial charge in [-0.25, -0.2) is 8.42 Å². The molecule has 7 nitrogen and oxygen atoms in total. The number of rotatable bonds is 10. The zero-order valence-electron chi connectivity index (χ0n) is 21.3. The van der Waals surface area contributed by atoms with E-state index in [9.17, 15) is 18.0 Å². The van der Waals surface area contributed by atoms with Gasteiger partial charge in [0.25, 0.3) is 0 Å². The lowest BCUT2D eigenvalue weighted by Crippen LogP contribution is -2.55. The second-order valence-corrected chi connectivity index (χ2v) is 11.9. The van der Waals surface area contributed by atoms with Crippen LogP contribution in [0.2, 0.25) is 5.02 Å². The maximum Gasteiger partial charge on any atom is 0.244 e. The smallest absolute Gasteiger partial charge is 0.244 e. The highest BCUT2D eigenvalue weighted by atomic mass is 35.5. The molecule has 2 amide bonds. The lowest BCUT2D eigenvalue weighted by atomic mass is 10.1. The van der Waals surface area contributed by atoms with E-state index >= 15 is 0 Å². The molecule has 0 aromatic heterocycles. The van der Waals surface area contributed by atoms with Crippen LogP contribution in [0.25, 0.3) is 0 Å². The number of benzene rings is 2. The number of sulfonamides is 1. The van der Waals surface area contributed by atoms with Gasteiger partial charge in [-0.3, -0.25) is 13.9 Å². The highest BCUT2D eigenvalue weighted by molar-refractivity contribution is 7.92. The summed E-state index contributed by atoms with van der Waals surface area (Å²) in [6, 6.07) is 13.3. The summed E-state index contributed by atoms with van der Waals surface area (Å²) in [5, 5.41) is 3.40. The summed E-state index contributed by atoms with van der Waals surface area (Å²) in [4.78, 5) is 28.3. The van der Waals surface area contributed by atoms with Crippen molar-refractivity contribution >= 4 is 39.1 Å². The van der Waals surface area contributed by atoms with Crippen molar-refractivity contribution < 1.29 is 18.0 Å². The van der Waals surface area contributed by atoms with E-state index in [0.29, 0.717) is 22.7 Å². The number of nitrogens with zero attached hydrogens (tertiary/aromatic N) is 2. The van der Waals surface area contributed by atoms with Crippen molar-refractivity contribution in [2.24, 2.45) is 0 Å². The Morgan fingerprint density at radius 1 is 1.03 bits per heavy atom. The minimum Gasteiger partial charge on any atom is -0.350 e. The van der Waals surface area contributed by atoms with Crippen LogP contribution in [0.15, 0.2) is 48.5 Å². The van der Waals surface area contributed by atoms with Gasteiger partial charge in [-0.1, -0.05) is 55.8 Å². The first kappa shape index (κ1) is 28.7. The third-order valence-corrected chi connectivity index (χ3v) is 7.00. The Morgan fingerprint density at radius 2 is 1.63 bits per heavy atom. The SMILES string of the molecule is CCc1ccc(N(CC(=O)N(Cc2ccccc2Cl)[C@@H](CC)C(=O)NC(C)(C)C)S(C)(=O)=O)cc1. The average molecular weight is 522 g/mol. The molecular formula is C26H36ClN3O4S. The van der Waals surface area contributed by atoms with Crippen LogP contribution in [0, 0.1) is 0 Å². The molecule has 192 valence electrons. The van der Waals surface area contributed by atoms with Crippen molar-refractivity contribution in [3.8, 4) is 0 Å². The van der Waals surface area contributed by atoms with E-state index in [1.165, 1.54) is 4.90 Å². The molecule has 9 heteroatoms. The molecule has 1 atom stereocenters. The van der Waals surface area contributed by atoms with Crippen molar-refractivity contribution in [3.63, 3.8) is 0 Å². The van der Waals surface area contributed by atoms with Crippen LogP contribution < -0.4 is 9.62 Å². The molecule has 0 unspecified atom stereocenters. The topological polar surface area (TPSA) is 86.8 Å². The molecule has 0 bridgehead atoms. The van der Waals surface area contributed by atoms with Crippen LogP contribution in [0.5, 0.6) is 0 Å². The maximum atomic E-state index is 13.7. The zero-order chi connectivity index (χ0) is 26.4. The minimum absolute atomic E-state index is 0.0704. The average Bonchev–Trinajstić information content (AvgIpc) is 2.76. The largest absolute Gasteiger partial charge is 0.350 e. The van der Waals surface area contributed by atoms with Crippen LogP contribution in [-0.2, 0) is 32.6 Å². The number of aryl methyl sites for hydroxylation is 1. The monoisotopic (exact) mass is 521 g/mol. The Kier molecular flexibility index (Phi) is 9.75. The molecule has 0 aliphatic carbocycles. The van der Waals surface area contributed by atoms with Gasteiger partial charge in [-0.2, -0.15) is 0 Å². The van der Waals surface area contributed by atoms with Crippen LogP contribution in [-0.4, -0.2) is 49.5 Å². The molecule has 0 spiro atoms. The highest BCUT2D eigenvalue weighted by Crippen LogP contribution is 2.23. The van der Waals surface area contributed by atoms with E-state index in [0.717, 1.165) is 22.5 Å². The fourth-order valence-electron chi connectivity index (χ4n) is 3.69. The van der Waals surface area contributed by atoms with Crippen LogP contribution in [0.1, 0.15) is 52.2 Å². The first-order chi connectivity index (χ1) is 16.3. The molecule has 0 aliphatic rings. The minimum atomic E-state index is -3.77. The van der Waals surface area contributed by atoms with Gasteiger partial charge >= 0.3 is 0 Å². The molecular weight excluding hydrogens is 486 g/mol. The molecule has 2 aromatic rings. The van der Waals surface area contributed by atoms with Crippen LogP contribution in [0.3, 0.4) is 0 Å². The Hall–Kier alpha value is -2.58. The van der Waals surface area contributed by atoms with Crippen molar-refractivity contribution in [1.82, 2.24) is 10.2 Å². The number of halogens is 1. The highest BCUT2D eigenvalue weighted by Gasteiger charge is 2.33. The van der Waals surface area contributed by atoms with E-state index in [4.69, 9.17) is 11.6 Å². The maximum absolute atomic E-state index is 13.7. The summed E-state index contributed by atoms with van der Waals surface area (Å²) >= 11 is 6.36.